The van der Waals surface area contributed by atoms with Crippen LogP contribution in [0.5, 0.6) is 0 Å². The molecule has 3 heteroatoms. The summed E-state index contributed by atoms with van der Waals surface area (Å²) in [6, 6.07) is 0.256. The highest BCUT2D eigenvalue weighted by atomic mass is 16.5. The van der Waals surface area contributed by atoms with Gasteiger partial charge in [0.1, 0.15) is 0 Å². The average molecular weight is 174 g/mol. The molecule has 0 spiro atoms. The minimum Gasteiger partial charge on any atom is -0.380 e. The van der Waals surface area contributed by atoms with Crippen LogP contribution in [-0.4, -0.2) is 43.8 Å². The maximum atomic E-state index is 5.69. The third kappa shape index (κ3) is 6.58. The normalized spacial score (nSPS) is 13.8. The van der Waals surface area contributed by atoms with Crippen LogP contribution in [0.3, 0.4) is 0 Å². The lowest BCUT2D eigenvalue weighted by molar-refractivity contribution is 0.113. The van der Waals surface area contributed by atoms with E-state index in [1.54, 1.807) is 0 Å². The molecule has 1 atom stereocenters. The van der Waals surface area contributed by atoms with Crippen LogP contribution in [0.2, 0.25) is 0 Å². The second-order valence-corrected chi connectivity index (χ2v) is 3.07. The fraction of sp³-hybridized carbons (Fsp3) is 1.00. The van der Waals surface area contributed by atoms with Gasteiger partial charge < -0.3 is 10.5 Å². The number of rotatable bonds is 7. The van der Waals surface area contributed by atoms with Crippen molar-refractivity contribution in [3.05, 3.63) is 0 Å². The van der Waals surface area contributed by atoms with E-state index in [4.69, 9.17) is 10.5 Å². The molecule has 0 rings (SSSR count). The highest BCUT2D eigenvalue weighted by molar-refractivity contribution is 4.61. The molecular weight excluding hydrogens is 152 g/mol. The zero-order chi connectivity index (χ0) is 9.40. The van der Waals surface area contributed by atoms with Gasteiger partial charge in [-0.2, -0.15) is 0 Å². The number of nitrogens with zero attached hydrogens (tertiary/aromatic N) is 1. The highest BCUT2D eigenvalue weighted by Gasteiger charge is 2.03. The molecule has 3 nitrogen and oxygen atoms in total. The summed E-state index contributed by atoms with van der Waals surface area (Å²) < 4.78 is 5.26. The van der Waals surface area contributed by atoms with Gasteiger partial charge in [0.05, 0.1) is 6.61 Å². The topological polar surface area (TPSA) is 38.5 Å². The lowest BCUT2D eigenvalue weighted by Crippen LogP contribution is -2.37. The number of hydrogen-bond donors (Lipinski definition) is 1. The van der Waals surface area contributed by atoms with E-state index in [2.05, 4.69) is 11.8 Å². The first-order chi connectivity index (χ1) is 5.70. The summed E-state index contributed by atoms with van der Waals surface area (Å²) in [6.45, 7) is 10.8. The predicted octanol–water partition coefficient (Wildman–Crippen LogP) is 0.692. The van der Waals surface area contributed by atoms with Crippen LogP contribution in [0, 0.1) is 0 Å². The lowest BCUT2D eigenvalue weighted by Gasteiger charge is -2.21. The molecule has 0 aliphatic rings. The van der Waals surface area contributed by atoms with E-state index in [1.165, 1.54) is 0 Å². The highest BCUT2D eigenvalue weighted by Crippen LogP contribution is 1.90. The summed E-state index contributed by atoms with van der Waals surface area (Å²) >= 11 is 0. The molecule has 0 aromatic rings. The summed E-state index contributed by atoms with van der Waals surface area (Å²) in [5.41, 5.74) is 5.69. The largest absolute Gasteiger partial charge is 0.380 e. The molecule has 0 radical (unpaired) electrons. The molecule has 1 unspecified atom stereocenters. The molecule has 0 amide bonds. The van der Waals surface area contributed by atoms with Gasteiger partial charge in [0.2, 0.25) is 0 Å². The quantitative estimate of drug-likeness (QED) is 0.577. The Morgan fingerprint density at radius 3 is 2.50 bits per heavy atom. The van der Waals surface area contributed by atoms with Gasteiger partial charge in [-0.15, -0.1) is 0 Å². The second kappa shape index (κ2) is 7.53. The Labute approximate surface area is 75.9 Å². The van der Waals surface area contributed by atoms with Gasteiger partial charge in [-0.1, -0.05) is 6.92 Å². The Morgan fingerprint density at radius 1 is 1.42 bits per heavy atom. The molecule has 0 saturated heterocycles. The van der Waals surface area contributed by atoms with Crippen molar-refractivity contribution >= 4 is 0 Å². The summed E-state index contributed by atoms with van der Waals surface area (Å²) in [5.74, 6) is 0. The van der Waals surface area contributed by atoms with E-state index in [0.29, 0.717) is 0 Å². The van der Waals surface area contributed by atoms with Gasteiger partial charge in [0.25, 0.3) is 0 Å². The first-order valence-electron chi connectivity index (χ1n) is 4.76. The fourth-order valence-corrected chi connectivity index (χ4v) is 1.12. The molecule has 0 aromatic carbocycles. The van der Waals surface area contributed by atoms with Crippen LogP contribution in [0.15, 0.2) is 0 Å². The molecule has 12 heavy (non-hydrogen) atoms. The Bertz CT molecular complexity index is 96.5. The van der Waals surface area contributed by atoms with Crippen molar-refractivity contribution in [2.75, 3.05) is 32.8 Å². The number of ether oxygens (including phenoxy) is 1. The van der Waals surface area contributed by atoms with Crippen molar-refractivity contribution in [2.45, 2.75) is 26.8 Å². The van der Waals surface area contributed by atoms with Crippen molar-refractivity contribution in [1.29, 1.82) is 0 Å². The monoisotopic (exact) mass is 174 g/mol. The van der Waals surface area contributed by atoms with Gasteiger partial charge in [-0.3, -0.25) is 4.90 Å². The molecule has 0 saturated carbocycles. The maximum Gasteiger partial charge on any atom is 0.0593 e. The zero-order valence-corrected chi connectivity index (χ0v) is 8.55. The fourth-order valence-electron chi connectivity index (χ4n) is 1.12. The molecule has 0 aromatic heterocycles. The third-order valence-electron chi connectivity index (χ3n) is 1.75. The van der Waals surface area contributed by atoms with Crippen LogP contribution in [-0.2, 0) is 4.74 Å². The van der Waals surface area contributed by atoms with Gasteiger partial charge in [0, 0.05) is 25.7 Å². The number of hydrogen-bond acceptors (Lipinski definition) is 3. The Hall–Kier alpha value is -0.120. The number of likely N-dealkylation sites (N-methyl/N-ethyl adjacent to an activating group) is 1. The van der Waals surface area contributed by atoms with Crippen molar-refractivity contribution in [1.82, 2.24) is 4.90 Å². The van der Waals surface area contributed by atoms with Crippen LogP contribution in [0.4, 0.5) is 0 Å². The summed E-state index contributed by atoms with van der Waals surface area (Å²) in [5, 5.41) is 0. The number of nitrogens with two attached hydrogens (primary N) is 1. The van der Waals surface area contributed by atoms with Crippen molar-refractivity contribution in [3.63, 3.8) is 0 Å². The lowest BCUT2D eigenvalue weighted by atomic mass is 10.3. The SMILES string of the molecule is CCOCCN(CC)CC(C)N. The van der Waals surface area contributed by atoms with E-state index in [1.807, 2.05) is 13.8 Å². The average Bonchev–Trinajstić information content (AvgIpc) is 2.02. The Morgan fingerprint density at radius 2 is 2.08 bits per heavy atom. The first-order valence-corrected chi connectivity index (χ1v) is 4.76. The minimum atomic E-state index is 0.256. The Balaban J connectivity index is 3.39. The predicted molar refractivity (Wildman–Crippen MR) is 52.3 cm³/mol. The maximum absolute atomic E-state index is 5.69. The minimum absolute atomic E-state index is 0.256. The van der Waals surface area contributed by atoms with Gasteiger partial charge in [-0.25, -0.2) is 0 Å². The Kier molecular flexibility index (Phi) is 7.45. The molecule has 0 aliphatic heterocycles. The van der Waals surface area contributed by atoms with Crippen LogP contribution in [0.25, 0.3) is 0 Å². The summed E-state index contributed by atoms with van der Waals surface area (Å²) in [4.78, 5) is 2.31. The van der Waals surface area contributed by atoms with E-state index >= 15 is 0 Å². The molecule has 74 valence electrons. The molecule has 0 fully saturated rings. The smallest absolute Gasteiger partial charge is 0.0593 e. The first kappa shape index (κ1) is 11.9. The van der Waals surface area contributed by atoms with Crippen LogP contribution < -0.4 is 5.73 Å². The van der Waals surface area contributed by atoms with E-state index in [9.17, 15) is 0 Å². The van der Waals surface area contributed by atoms with Crippen molar-refractivity contribution in [3.8, 4) is 0 Å². The molecule has 0 bridgehead atoms. The van der Waals surface area contributed by atoms with Crippen LogP contribution >= 0.6 is 0 Å². The standard InChI is InChI=1S/C9H22N2O/c1-4-11(8-9(3)10)6-7-12-5-2/h9H,4-8,10H2,1-3H3. The van der Waals surface area contributed by atoms with Crippen molar-refractivity contribution < 1.29 is 4.74 Å². The molecular formula is C9H22N2O. The van der Waals surface area contributed by atoms with Crippen LogP contribution in [0.1, 0.15) is 20.8 Å². The molecule has 0 aliphatic carbocycles. The van der Waals surface area contributed by atoms with E-state index < -0.39 is 0 Å². The van der Waals surface area contributed by atoms with E-state index in [0.717, 1.165) is 32.8 Å². The van der Waals surface area contributed by atoms with Gasteiger partial charge >= 0.3 is 0 Å². The molecule has 2 N–H and O–H groups in total. The third-order valence-corrected chi connectivity index (χ3v) is 1.75. The summed E-state index contributed by atoms with van der Waals surface area (Å²) in [6.07, 6.45) is 0. The van der Waals surface area contributed by atoms with E-state index in [-0.39, 0.29) is 6.04 Å². The second-order valence-electron chi connectivity index (χ2n) is 3.07. The molecule has 0 heterocycles. The zero-order valence-electron chi connectivity index (χ0n) is 8.55. The summed E-state index contributed by atoms with van der Waals surface area (Å²) in [7, 11) is 0. The van der Waals surface area contributed by atoms with Gasteiger partial charge in [-0.05, 0) is 20.4 Å². The van der Waals surface area contributed by atoms with Crippen molar-refractivity contribution in [2.24, 2.45) is 5.73 Å². The van der Waals surface area contributed by atoms with Gasteiger partial charge in [0.15, 0.2) is 0 Å².